The number of rotatable bonds is 7. The molecule has 0 aliphatic carbocycles. The molecule has 0 atom stereocenters. The zero-order valence-electron chi connectivity index (χ0n) is 31.7. The molecule has 1 nitrogen and oxygen atoms in total. The molecule has 11 aromatic rings. The molecule has 0 aliphatic heterocycles. The summed E-state index contributed by atoms with van der Waals surface area (Å²) < 4.78 is 2.57. The lowest BCUT2D eigenvalue weighted by atomic mass is 9.89. The lowest BCUT2D eigenvalue weighted by molar-refractivity contribution is 1.30. The number of thiophene rings is 1. The molecule has 0 N–H and O–H groups in total. The fourth-order valence-electron chi connectivity index (χ4n) is 8.77. The van der Waals surface area contributed by atoms with Crippen molar-refractivity contribution in [3.63, 3.8) is 0 Å². The highest BCUT2D eigenvalue weighted by Gasteiger charge is 2.20. The van der Waals surface area contributed by atoms with Crippen LogP contribution < -0.4 is 4.90 Å². The smallest absolute Gasteiger partial charge is 0.0640 e. The van der Waals surface area contributed by atoms with Crippen LogP contribution in [0, 0.1) is 0 Å². The van der Waals surface area contributed by atoms with Crippen molar-refractivity contribution < 1.29 is 0 Å². The Hall–Kier alpha value is -7.26. The van der Waals surface area contributed by atoms with E-state index < -0.39 is 0 Å². The Morgan fingerprint density at radius 1 is 0.293 bits per heavy atom. The van der Waals surface area contributed by atoms with Crippen LogP contribution >= 0.6 is 11.3 Å². The van der Waals surface area contributed by atoms with Crippen molar-refractivity contribution in [2.45, 2.75) is 0 Å². The number of hydrogen-bond acceptors (Lipinski definition) is 2. The van der Waals surface area contributed by atoms with E-state index in [0.29, 0.717) is 0 Å². The molecule has 1 heterocycles. The number of hydrogen-bond donors (Lipinski definition) is 0. The van der Waals surface area contributed by atoms with Crippen LogP contribution in [0.4, 0.5) is 17.1 Å². The molecule has 272 valence electrons. The fourth-order valence-corrected chi connectivity index (χ4v) is 9.98. The van der Waals surface area contributed by atoms with Gasteiger partial charge >= 0.3 is 0 Å². The van der Waals surface area contributed by atoms with Gasteiger partial charge in [0.15, 0.2) is 0 Å². The lowest BCUT2D eigenvalue weighted by Crippen LogP contribution is -2.10. The number of nitrogens with zero attached hydrogens (tertiary/aromatic N) is 1. The van der Waals surface area contributed by atoms with E-state index in [1.165, 1.54) is 91.9 Å². The minimum atomic E-state index is 1.11. The summed E-state index contributed by atoms with van der Waals surface area (Å²) in [6, 6.07) is 81.9. The number of anilines is 3. The van der Waals surface area contributed by atoms with E-state index >= 15 is 0 Å². The van der Waals surface area contributed by atoms with Gasteiger partial charge in [-0.05, 0) is 102 Å². The molecule has 2 heteroatoms. The first kappa shape index (κ1) is 34.0. The summed E-state index contributed by atoms with van der Waals surface area (Å²) in [4.78, 5) is 2.43. The first-order valence-electron chi connectivity index (χ1n) is 19.8. The van der Waals surface area contributed by atoms with E-state index in [4.69, 9.17) is 0 Å². The standard InChI is InChI=1S/C56H37NS/c1-3-16-42(17-4-1)54-46-20-9-7-14-38(46)30-36-48(54)40-26-32-44(33-27-40)57(52-24-13-23-51-50-22-11-12-25-53(50)58-56(51)52)45-34-28-41(29-35-45)49-37-31-39-15-8-10-21-47(39)55(49)43-18-5-2-6-19-43/h1-37H. The SMILES string of the molecule is c1ccc(-c2c(-c3ccc(N(c4ccc(-c5ccc6ccccc6c5-c5ccccc5)cc4)c4cccc5c4sc4ccccc45)cc3)ccc3ccccc23)cc1. The molecule has 0 bridgehead atoms. The van der Waals surface area contributed by atoms with Gasteiger partial charge in [-0.3, -0.25) is 0 Å². The van der Waals surface area contributed by atoms with Gasteiger partial charge in [0.2, 0.25) is 0 Å². The van der Waals surface area contributed by atoms with Gasteiger partial charge in [0, 0.05) is 26.8 Å². The van der Waals surface area contributed by atoms with Crippen molar-refractivity contribution in [3.05, 3.63) is 224 Å². The van der Waals surface area contributed by atoms with Crippen LogP contribution in [0.25, 0.3) is 86.2 Å². The van der Waals surface area contributed by atoms with E-state index in [0.717, 1.165) is 11.4 Å². The minimum Gasteiger partial charge on any atom is -0.309 e. The Kier molecular flexibility index (Phi) is 8.42. The van der Waals surface area contributed by atoms with Crippen molar-refractivity contribution in [1.82, 2.24) is 0 Å². The van der Waals surface area contributed by atoms with Crippen molar-refractivity contribution in [2.24, 2.45) is 0 Å². The third kappa shape index (κ3) is 5.86. The topological polar surface area (TPSA) is 3.24 Å². The molecule has 0 saturated heterocycles. The van der Waals surface area contributed by atoms with Crippen molar-refractivity contribution in [3.8, 4) is 44.5 Å². The average Bonchev–Trinajstić information content (AvgIpc) is 3.69. The molecule has 0 fully saturated rings. The van der Waals surface area contributed by atoms with Crippen LogP contribution in [-0.2, 0) is 0 Å². The largest absolute Gasteiger partial charge is 0.309 e. The molecular formula is C56H37NS. The van der Waals surface area contributed by atoms with E-state index in [-0.39, 0.29) is 0 Å². The first-order valence-corrected chi connectivity index (χ1v) is 20.7. The summed E-state index contributed by atoms with van der Waals surface area (Å²) >= 11 is 1.87. The summed E-state index contributed by atoms with van der Waals surface area (Å²) in [6.45, 7) is 0. The monoisotopic (exact) mass is 755 g/mol. The van der Waals surface area contributed by atoms with Gasteiger partial charge < -0.3 is 4.90 Å². The third-order valence-electron chi connectivity index (χ3n) is 11.5. The highest BCUT2D eigenvalue weighted by molar-refractivity contribution is 7.26. The number of benzene rings is 10. The Morgan fingerprint density at radius 3 is 1.28 bits per heavy atom. The highest BCUT2D eigenvalue weighted by Crippen LogP contribution is 2.47. The van der Waals surface area contributed by atoms with Crippen LogP contribution in [0.15, 0.2) is 224 Å². The summed E-state index contributed by atoms with van der Waals surface area (Å²) in [5, 5.41) is 7.58. The van der Waals surface area contributed by atoms with E-state index in [1.54, 1.807) is 0 Å². The van der Waals surface area contributed by atoms with Crippen LogP contribution in [0.5, 0.6) is 0 Å². The summed E-state index contributed by atoms with van der Waals surface area (Å²) in [7, 11) is 0. The van der Waals surface area contributed by atoms with Gasteiger partial charge in [-0.15, -0.1) is 11.3 Å². The normalized spacial score (nSPS) is 11.4. The van der Waals surface area contributed by atoms with E-state index in [2.05, 4.69) is 229 Å². The maximum Gasteiger partial charge on any atom is 0.0640 e. The lowest BCUT2D eigenvalue weighted by Gasteiger charge is -2.27. The summed E-state index contributed by atoms with van der Waals surface area (Å²) in [5.74, 6) is 0. The Labute approximate surface area is 342 Å². The molecule has 1 aromatic heterocycles. The zero-order chi connectivity index (χ0) is 38.4. The molecular weight excluding hydrogens is 719 g/mol. The molecule has 0 amide bonds. The summed E-state index contributed by atoms with van der Waals surface area (Å²) in [6.07, 6.45) is 0. The quantitative estimate of drug-likeness (QED) is 0.157. The van der Waals surface area contributed by atoms with Gasteiger partial charge in [-0.25, -0.2) is 0 Å². The van der Waals surface area contributed by atoms with Crippen LogP contribution in [0.3, 0.4) is 0 Å². The summed E-state index contributed by atoms with van der Waals surface area (Å²) in [5.41, 5.74) is 13.2. The average molecular weight is 756 g/mol. The molecule has 0 unspecified atom stereocenters. The Bertz CT molecular complexity index is 3090. The molecule has 0 radical (unpaired) electrons. The van der Waals surface area contributed by atoms with Crippen LogP contribution in [0.1, 0.15) is 0 Å². The Morgan fingerprint density at radius 2 is 0.741 bits per heavy atom. The molecule has 0 saturated carbocycles. The second-order valence-electron chi connectivity index (χ2n) is 14.8. The van der Waals surface area contributed by atoms with Gasteiger partial charge in [0.25, 0.3) is 0 Å². The van der Waals surface area contributed by atoms with Crippen molar-refractivity contribution >= 4 is 70.1 Å². The van der Waals surface area contributed by atoms with E-state index in [9.17, 15) is 0 Å². The molecule has 10 aromatic carbocycles. The minimum absolute atomic E-state index is 1.11. The maximum absolute atomic E-state index is 2.43. The molecule has 0 spiro atoms. The van der Waals surface area contributed by atoms with Gasteiger partial charge in [0.1, 0.15) is 0 Å². The number of fused-ring (bicyclic) bond motifs is 5. The molecule has 0 aliphatic rings. The Balaban J connectivity index is 1.07. The third-order valence-corrected chi connectivity index (χ3v) is 12.7. The van der Waals surface area contributed by atoms with Crippen LogP contribution in [0.2, 0.25) is 0 Å². The predicted octanol–water partition coefficient (Wildman–Crippen LogP) is 16.5. The highest BCUT2D eigenvalue weighted by atomic mass is 32.1. The van der Waals surface area contributed by atoms with Gasteiger partial charge in [0.05, 0.1) is 10.4 Å². The zero-order valence-corrected chi connectivity index (χ0v) is 32.5. The first-order chi connectivity index (χ1) is 28.8. The second kappa shape index (κ2) is 14.4. The van der Waals surface area contributed by atoms with Crippen molar-refractivity contribution in [1.29, 1.82) is 0 Å². The van der Waals surface area contributed by atoms with Crippen molar-refractivity contribution in [2.75, 3.05) is 4.90 Å². The fraction of sp³-hybridized carbons (Fsp3) is 0. The predicted molar refractivity (Wildman–Crippen MR) is 251 cm³/mol. The van der Waals surface area contributed by atoms with Gasteiger partial charge in [-0.2, -0.15) is 0 Å². The van der Waals surface area contributed by atoms with Gasteiger partial charge in [-0.1, -0.05) is 188 Å². The molecule has 11 rings (SSSR count). The maximum atomic E-state index is 2.43. The second-order valence-corrected chi connectivity index (χ2v) is 15.9. The van der Waals surface area contributed by atoms with Crippen LogP contribution in [-0.4, -0.2) is 0 Å². The molecule has 58 heavy (non-hydrogen) atoms. The van der Waals surface area contributed by atoms with E-state index in [1.807, 2.05) is 11.3 Å².